The van der Waals surface area contributed by atoms with Crippen molar-refractivity contribution in [2.24, 2.45) is 11.7 Å². The number of hydrogen-bond acceptors (Lipinski definition) is 2. The number of para-hydroxylation sites is 1. The topological polar surface area (TPSA) is 55.1 Å². The zero-order valence-electron chi connectivity index (χ0n) is 9.87. The van der Waals surface area contributed by atoms with E-state index in [1.807, 2.05) is 0 Å². The predicted molar refractivity (Wildman–Crippen MR) is 65.1 cm³/mol. The molecule has 0 aliphatic heterocycles. The summed E-state index contributed by atoms with van der Waals surface area (Å²) < 4.78 is 13.5. The minimum atomic E-state index is -0.398. The normalized spacial score (nSPS) is 23.7. The van der Waals surface area contributed by atoms with Crippen LogP contribution in [0.2, 0.25) is 0 Å². The van der Waals surface area contributed by atoms with Crippen LogP contribution in [-0.4, -0.2) is 11.9 Å². The molecule has 0 spiro atoms. The Kier molecular flexibility index (Phi) is 3.43. The van der Waals surface area contributed by atoms with Gasteiger partial charge in [-0.2, -0.15) is 0 Å². The van der Waals surface area contributed by atoms with E-state index in [-0.39, 0.29) is 23.6 Å². The molecule has 2 atom stereocenters. The fourth-order valence-corrected chi connectivity index (χ4v) is 2.32. The molecule has 0 bridgehead atoms. The number of rotatable bonds is 2. The molecule has 0 saturated heterocycles. The molecule has 1 saturated carbocycles. The molecule has 0 radical (unpaired) electrons. The fourth-order valence-electron chi connectivity index (χ4n) is 2.32. The molecular weight excluding hydrogens is 219 g/mol. The van der Waals surface area contributed by atoms with Crippen LogP contribution >= 0.6 is 0 Å². The predicted octanol–water partition coefficient (Wildman–Crippen LogP) is 2.20. The van der Waals surface area contributed by atoms with Gasteiger partial charge in [-0.05, 0) is 31.4 Å². The Morgan fingerprint density at radius 1 is 1.47 bits per heavy atom. The van der Waals surface area contributed by atoms with Gasteiger partial charge < -0.3 is 11.1 Å². The quantitative estimate of drug-likeness (QED) is 0.827. The third-order valence-electron chi connectivity index (χ3n) is 3.38. The van der Waals surface area contributed by atoms with Gasteiger partial charge in [0.05, 0.1) is 11.6 Å². The molecule has 17 heavy (non-hydrogen) atoms. The molecule has 1 aliphatic carbocycles. The number of carbonyl (C=O) groups excluding carboxylic acids is 1. The standard InChI is InChI=1S/C13H17FN2O/c1-8-4-2-6-10(14)12(8)16-13(17)9-5-3-7-11(9)15/h2,4,6,9,11H,3,5,7,15H2,1H3,(H,16,17). The average Bonchev–Trinajstić information content (AvgIpc) is 2.70. The lowest BCUT2D eigenvalue weighted by molar-refractivity contribution is -0.120. The van der Waals surface area contributed by atoms with E-state index >= 15 is 0 Å². The van der Waals surface area contributed by atoms with Crippen molar-refractivity contribution in [2.45, 2.75) is 32.2 Å². The van der Waals surface area contributed by atoms with Crippen LogP contribution in [0.4, 0.5) is 10.1 Å². The molecular formula is C13H17FN2O. The molecule has 2 unspecified atom stereocenters. The van der Waals surface area contributed by atoms with E-state index in [1.54, 1.807) is 19.1 Å². The Balaban J connectivity index is 2.13. The summed E-state index contributed by atoms with van der Waals surface area (Å²) in [5.74, 6) is -0.748. The smallest absolute Gasteiger partial charge is 0.229 e. The van der Waals surface area contributed by atoms with Gasteiger partial charge in [0, 0.05) is 6.04 Å². The van der Waals surface area contributed by atoms with Gasteiger partial charge in [-0.3, -0.25) is 4.79 Å². The van der Waals surface area contributed by atoms with Crippen molar-refractivity contribution in [3.8, 4) is 0 Å². The zero-order chi connectivity index (χ0) is 12.4. The van der Waals surface area contributed by atoms with Gasteiger partial charge in [-0.25, -0.2) is 4.39 Å². The first-order valence-corrected chi connectivity index (χ1v) is 5.91. The number of halogens is 1. The highest BCUT2D eigenvalue weighted by atomic mass is 19.1. The number of nitrogens with one attached hydrogen (secondary N) is 1. The van der Waals surface area contributed by atoms with Crippen molar-refractivity contribution < 1.29 is 9.18 Å². The lowest BCUT2D eigenvalue weighted by Gasteiger charge is -2.16. The maximum Gasteiger partial charge on any atom is 0.229 e. The summed E-state index contributed by atoms with van der Waals surface area (Å²) in [5.41, 5.74) is 6.86. The van der Waals surface area contributed by atoms with Gasteiger partial charge in [0.2, 0.25) is 5.91 Å². The van der Waals surface area contributed by atoms with Crippen molar-refractivity contribution >= 4 is 11.6 Å². The summed E-state index contributed by atoms with van der Waals surface area (Å²) in [5, 5.41) is 2.66. The first-order valence-electron chi connectivity index (χ1n) is 5.91. The number of aryl methyl sites for hydroxylation is 1. The summed E-state index contributed by atoms with van der Waals surface area (Å²) in [7, 11) is 0. The molecule has 1 aromatic rings. The van der Waals surface area contributed by atoms with Gasteiger partial charge in [-0.1, -0.05) is 18.6 Å². The van der Waals surface area contributed by atoms with E-state index in [4.69, 9.17) is 5.73 Å². The van der Waals surface area contributed by atoms with Gasteiger partial charge in [0.25, 0.3) is 0 Å². The Morgan fingerprint density at radius 3 is 2.82 bits per heavy atom. The molecule has 4 heteroatoms. The summed E-state index contributed by atoms with van der Waals surface area (Å²) in [4.78, 5) is 12.0. The number of carbonyl (C=O) groups is 1. The summed E-state index contributed by atoms with van der Waals surface area (Å²) in [6.07, 6.45) is 2.63. The van der Waals surface area contributed by atoms with Crippen molar-refractivity contribution in [3.63, 3.8) is 0 Å². The first kappa shape index (κ1) is 12.0. The van der Waals surface area contributed by atoms with E-state index in [0.717, 1.165) is 24.8 Å². The Labute approximate surface area is 100 Å². The molecule has 2 rings (SSSR count). The van der Waals surface area contributed by atoms with Crippen LogP contribution in [0.3, 0.4) is 0 Å². The summed E-state index contributed by atoms with van der Waals surface area (Å²) in [6.45, 7) is 1.77. The van der Waals surface area contributed by atoms with Crippen LogP contribution in [0, 0.1) is 18.7 Å². The second kappa shape index (κ2) is 4.84. The van der Waals surface area contributed by atoms with Crippen LogP contribution in [0.5, 0.6) is 0 Å². The van der Waals surface area contributed by atoms with Crippen LogP contribution < -0.4 is 11.1 Å². The van der Waals surface area contributed by atoms with Crippen molar-refractivity contribution in [3.05, 3.63) is 29.6 Å². The molecule has 1 aromatic carbocycles. The van der Waals surface area contributed by atoms with E-state index in [9.17, 15) is 9.18 Å². The summed E-state index contributed by atoms with van der Waals surface area (Å²) in [6, 6.07) is 4.65. The lowest BCUT2D eigenvalue weighted by Crippen LogP contribution is -2.34. The lowest BCUT2D eigenvalue weighted by atomic mass is 10.0. The van der Waals surface area contributed by atoms with Crippen molar-refractivity contribution in [1.29, 1.82) is 0 Å². The van der Waals surface area contributed by atoms with Crippen LogP contribution in [-0.2, 0) is 4.79 Å². The molecule has 92 valence electrons. The molecule has 3 nitrogen and oxygen atoms in total. The third-order valence-corrected chi connectivity index (χ3v) is 3.38. The molecule has 1 amide bonds. The second-order valence-corrected chi connectivity index (χ2v) is 4.62. The molecule has 0 heterocycles. The molecule has 1 fully saturated rings. The Bertz CT molecular complexity index is 413. The highest BCUT2D eigenvalue weighted by molar-refractivity contribution is 5.94. The van der Waals surface area contributed by atoms with Crippen LogP contribution in [0.25, 0.3) is 0 Å². The number of amides is 1. The largest absolute Gasteiger partial charge is 0.327 e. The Morgan fingerprint density at radius 2 is 2.24 bits per heavy atom. The minimum absolute atomic E-state index is 0.0953. The highest BCUT2D eigenvalue weighted by Gasteiger charge is 2.30. The van der Waals surface area contributed by atoms with E-state index < -0.39 is 5.82 Å². The maximum absolute atomic E-state index is 13.5. The van der Waals surface area contributed by atoms with E-state index in [2.05, 4.69) is 5.32 Å². The van der Waals surface area contributed by atoms with Crippen molar-refractivity contribution in [1.82, 2.24) is 0 Å². The third kappa shape index (κ3) is 2.47. The molecule has 3 N–H and O–H groups in total. The number of nitrogens with two attached hydrogens (primary N) is 1. The van der Waals surface area contributed by atoms with Gasteiger partial charge in [-0.15, -0.1) is 0 Å². The summed E-state index contributed by atoms with van der Waals surface area (Å²) >= 11 is 0. The molecule has 0 aromatic heterocycles. The van der Waals surface area contributed by atoms with Crippen LogP contribution in [0.1, 0.15) is 24.8 Å². The number of hydrogen-bond donors (Lipinski definition) is 2. The van der Waals surface area contributed by atoms with Gasteiger partial charge >= 0.3 is 0 Å². The zero-order valence-corrected chi connectivity index (χ0v) is 9.87. The average molecular weight is 236 g/mol. The Hall–Kier alpha value is -1.42. The second-order valence-electron chi connectivity index (χ2n) is 4.62. The minimum Gasteiger partial charge on any atom is -0.327 e. The van der Waals surface area contributed by atoms with Gasteiger partial charge in [0.15, 0.2) is 0 Å². The highest BCUT2D eigenvalue weighted by Crippen LogP contribution is 2.26. The van der Waals surface area contributed by atoms with Crippen LogP contribution in [0.15, 0.2) is 18.2 Å². The SMILES string of the molecule is Cc1cccc(F)c1NC(=O)C1CCCC1N. The number of anilines is 1. The molecule has 1 aliphatic rings. The monoisotopic (exact) mass is 236 g/mol. The first-order chi connectivity index (χ1) is 8.09. The van der Waals surface area contributed by atoms with Crippen molar-refractivity contribution in [2.75, 3.05) is 5.32 Å². The van der Waals surface area contributed by atoms with Gasteiger partial charge in [0.1, 0.15) is 5.82 Å². The number of benzene rings is 1. The fraction of sp³-hybridized carbons (Fsp3) is 0.462. The van der Waals surface area contributed by atoms with E-state index in [0.29, 0.717) is 0 Å². The maximum atomic E-state index is 13.5. The van der Waals surface area contributed by atoms with E-state index in [1.165, 1.54) is 6.07 Å².